The van der Waals surface area contributed by atoms with Gasteiger partial charge in [0.1, 0.15) is 5.75 Å². The van der Waals surface area contributed by atoms with Crippen molar-refractivity contribution in [2.45, 2.75) is 17.4 Å². The van der Waals surface area contributed by atoms with Crippen LogP contribution in [0.1, 0.15) is 18.0 Å². The fourth-order valence-corrected chi connectivity index (χ4v) is 5.58. The van der Waals surface area contributed by atoms with E-state index in [2.05, 4.69) is 9.82 Å². The molecule has 1 unspecified atom stereocenters. The molecule has 11 heteroatoms. The molecule has 4 rings (SSSR count). The Bertz CT molecular complexity index is 1350. The smallest absolute Gasteiger partial charge is 0.240 e. The number of anilines is 1. The molecule has 0 saturated carbocycles. The standard InChI is InChI=1S/C23H19Cl4N3O3S/c1-33-23-9-7-18(12-20(23)27)34(31,32)28-13-17-11-22(14-2-4-15(24)5-3-14)30(29-17)21-8-6-16(25)10-19(21)26/h2-10,12,22,28H,11,13H2,1H3. The van der Waals surface area contributed by atoms with Crippen LogP contribution in [0.25, 0.3) is 0 Å². The number of nitrogens with zero attached hydrogens (tertiary/aromatic N) is 2. The van der Waals surface area contributed by atoms with Crippen LogP contribution in [-0.4, -0.2) is 27.8 Å². The van der Waals surface area contributed by atoms with E-state index in [0.29, 0.717) is 38.6 Å². The molecule has 6 nitrogen and oxygen atoms in total. The lowest BCUT2D eigenvalue weighted by molar-refractivity contribution is 0.414. The Morgan fingerprint density at radius 3 is 2.32 bits per heavy atom. The molecule has 0 radical (unpaired) electrons. The highest BCUT2D eigenvalue weighted by Gasteiger charge is 2.31. The van der Waals surface area contributed by atoms with Crippen molar-refractivity contribution < 1.29 is 13.2 Å². The molecule has 1 heterocycles. The summed E-state index contributed by atoms with van der Waals surface area (Å²) in [4.78, 5) is 0.0312. The van der Waals surface area contributed by atoms with Gasteiger partial charge in [0.15, 0.2) is 0 Å². The fourth-order valence-electron chi connectivity index (χ4n) is 3.59. The average molecular weight is 559 g/mol. The van der Waals surface area contributed by atoms with Gasteiger partial charge >= 0.3 is 0 Å². The Hall–Kier alpha value is -2.00. The summed E-state index contributed by atoms with van der Waals surface area (Å²) in [5.41, 5.74) is 2.25. The third kappa shape index (κ3) is 5.46. The number of nitrogens with one attached hydrogen (secondary N) is 1. The van der Waals surface area contributed by atoms with Crippen LogP contribution in [0.2, 0.25) is 20.1 Å². The van der Waals surface area contributed by atoms with E-state index in [1.54, 1.807) is 35.3 Å². The van der Waals surface area contributed by atoms with E-state index in [1.807, 2.05) is 12.1 Å². The average Bonchev–Trinajstić information content (AvgIpc) is 3.22. The molecule has 0 fully saturated rings. The third-order valence-corrected chi connectivity index (χ3v) is 7.77. The molecule has 3 aromatic carbocycles. The summed E-state index contributed by atoms with van der Waals surface area (Å²) < 4.78 is 33.4. The Balaban J connectivity index is 1.60. The van der Waals surface area contributed by atoms with Crippen LogP contribution in [0.5, 0.6) is 5.75 Å². The summed E-state index contributed by atoms with van der Waals surface area (Å²) in [6, 6.07) is 16.6. The minimum absolute atomic E-state index is 0.0117. The van der Waals surface area contributed by atoms with Gasteiger partial charge < -0.3 is 4.74 Å². The van der Waals surface area contributed by atoms with Crippen LogP contribution in [0.3, 0.4) is 0 Å². The molecule has 1 N–H and O–H groups in total. The van der Waals surface area contributed by atoms with Crippen molar-refractivity contribution in [2.24, 2.45) is 5.10 Å². The number of hydrogen-bond donors (Lipinski definition) is 1. The third-order valence-electron chi connectivity index (χ3n) is 5.28. The van der Waals surface area contributed by atoms with Crippen molar-refractivity contribution in [1.29, 1.82) is 0 Å². The summed E-state index contributed by atoms with van der Waals surface area (Å²) in [7, 11) is -2.37. The molecule has 0 aliphatic carbocycles. The van der Waals surface area contributed by atoms with Gasteiger partial charge in [-0.25, -0.2) is 13.1 Å². The Morgan fingerprint density at radius 2 is 1.68 bits per heavy atom. The van der Waals surface area contributed by atoms with E-state index in [1.165, 1.54) is 25.3 Å². The number of hydrogen-bond acceptors (Lipinski definition) is 5. The maximum absolute atomic E-state index is 12.8. The van der Waals surface area contributed by atoms with Gasteiger partial charge in [0.25, 0.3) is 0 Å². The number of halogens is 4. The molecule has 1 aliphatic rings. The summed E-state index contributed by atoms with van der Waals surface area (Å²) in [5.74, 6) is 0.391. The van der Waals surface area contributed by atoms with E-state index >= 15 is 0 Å². The molecule has 1 aliphatic heterocycles. The van der Waals surface area contributed by atoms with Crippen molar-refractivity contribution in [1.82, 2.24) is 4.72 Å². The zero-order valence-electron chi connectivity index (χ0n) is 17.8. The SMILES string of the molecule is COc1ccc(S(=O)(=O)NCC2=NN(c3ccc(Cl)cc3Cl)C(c3ccc(Cl)cc3)C2)cc1Cl. The van der Waals surface area contributed by atoms with E-state index in [0.717, 1.165) is 5.56 Å². The highest BCUT2D eigenvalue weighted by atomic mass is 35.5. The van der Waals surface area contributed by atoms with Gasteiger partial charge in [-0.2, -0.15) is 5.10 Å². The highest BCUT2D eigenvalue weighted by Crippen LogP contribution is 2.39. The Labute approximate surface area is 218 Å². The largest absolute Gasteiger partial charge is 0.495 e. The van der Waals surface area contributed by atoms with E-state index < -0.39 is 10.0 Å². The van der Waals surface area contributed by atoms with Gasteiger partial charge in [-0.15, -0.1) is 0 Å². The first-order chi connectivity index (χ1) is 16.2. The second-order valence-electron chi connectivity index (χ2n) is 7.50. The molecule has 1 atom stereocenters. The van der Waals surface area contributed by atoms with Crippen LogP contribution in [0.4, 0.5) is 5.69 Å². The Morgan fingerprint density at radius 1 is 0.971 bits per heavy atom. The monoisotopic (exact) mass is 557 g/mol. The first kappa shape index (κ1) is 25.1. The molecule has 34 heavy (non-hydrogen) atoms. The number of methoxy groups -OCH3 is 1. The molecule has 0 saturated heterocycles. The number of sulfonamides is 1. The highest BCUT2D eigenvalue weighted by molar-refractivity contribution is 7.89. The summed E-state index contributed by atoms with van der Waals surface area (Å²) in [6.07, 6.45) is 0.479. The second kappa shape index (κ2) is 10.3. The maximum Gasteiger partial charge on any atom is 0.240 e. The maximum atomic E-state index is 12.8. The van der Waals surface area contributed by atoms with E-state index in [4.69, 9.17) is 51.1 Å². The van der Waals surface area contributed by atoms with Crippen LogP contribution in [0, 0.1) is 0 Å². The lowest BCUT2D eigenvalue weighted by Crippen LogP contribution is -2.29. The Kier molecular flexibility index (Phi) is 7.62. The minimum atomic E-state index is -3.83. The van der Waals surface area contributed by atoms with Gasteiger partial charge in [0.2, 0.25) is 10.0 Å². The van der Waals surface area contributed by atoms with Crippen LogP contribution in [0.15, 0.2) is 70.7 Å². The predicted octanol–water partition coefficient (Wildman–Crippen LogP) is 6.59. The van der Waals surface area contributed by atoms with Crippen LogP contribution >= 0.6 is 46.4 Å². The fraction of sp³-hybridized carbons (Fsp3) is 0.174. The minimum Gasteiger partial charge on any atom is -0.495 e. The second-order valence-corrected chi connectivity index (χ2v) is 11.0. The van der Waals surface area contributed by atoms with Gasteiger partial charge in [0.05, 0.1) is 46.0 Å². The van der Waals surface area contributed by atoms with Gasteiger partial charge in [-0.05, 0) is 54.1 Å². The van der Waals surface area contributed by atoms with E-state index in [9.17, 15) is 8.42 Å². The molecule has 0 bridgehead atoms. The lowest BCUT2D eigenvalue weighted by Gasteiger charge is -2.25. The number of ether oxygens (including phenoxy) is 1. The topological polar surface area (TPSA) is 71.0 Å². The zero-order valence-corrected chi connectivity index (χ0v) is 21.6. The van der Waals surface area contributed by atoms with Crippen molar-refractivity contribution in [2.75, 3.05) is 18.7 Å². The normalized spacial score (nSPS) is 16.0. The number of rotatable bonds is 7. The van der Waals surface area contributed by atoms with Crippen molar-refractivity contribution in [3.63, 3.8) is 0 Å². The summed E-state index contributed by atoms with van der Waals surface area (Å²) >= 11 is 24.7. The zero-order chi connectivity index (χ0) is 24.5. The van der Waals surface area contributed by atoms with E-state index in [-0.39, 0.29) is 22.5 Å². The van der Waals surface area contributed by atoms with Crippen molar-refractivity contribution in [3.05, 3.63) is 86.3 Å². The van der Waals surface area contributed by atoms with Crippen LogP contribution < -0.4 is 14.5 Å². The molecule has 0 amide bonds. The quantitative estimate of drug-likeness (QED) is 0.355. The molecule has 0 aromatic heterocycles. The lowest BCUT2D eigenvalue weighted by atomic mass is 10.0. The number of hydrazone groups is 1. The molecule has 178 valence electrons. The summed E-state index contributed by atoms with van der Waals surface area (Å²) in [6.45, 7) is 0.0117. The van der Waals surface area contributed by atoms with Gasteiger partial charge in [0, 0.05) is 16.5 Å². The van der Waals surface area contributed by atoms with Crippen LogP contribution in [-0.2, 0) is 10.0 Å². The summed E-state index contributed by atoms with van der Waals surface area (Å²) in [5, 5.41) is 8.22. The first-order valence-electron chi connectivity index (χ1n) is 10.1. The van der Waals surface area contributed by atoms with Crippen molar-refractivity contribution in [3.8, 4) is 5.75 Å². The van der Waals surface area contributed by atoms with Gasteiger partial charge in [-0.1, -0.05) is 58.5 Å². The predicted molar refractivity (Wildman–Crippen MR) is 138 cm³/mol. The first-order valence-corrected chi connectivity index (χ1v) is 13.1. The van der Waals surface area contributed by atoms with Crippen molar-refractivity contribution >= 4 is 67.8 Å². The molecule has 0 spiro atoms. The number of benzene rings is 3. The molecular weight excluding hydrogens is 540 g/mol. The molecular formula is C23H19Cl4N3O3S. The van der Waals surface area contributed by atoms with Gasteiger partial charge in [-0.3, -0.25) is 5.01 Å². The molecule has 3 aromatic rings.